The molecule has 0 aromatic carbocycles. The lowest BCUT2D eigenvalue weighted by atomic mass is 10.6. The van der Waals surface area contributed by atoms with Crippen LogP contribution < -0.4 is 0 Å². The number of hydrogen-bond acceptors (Lipinski definition) is 5. The van der Waals surface area contributed by atoms with Crippen molar-refractivity contribution >= 4 is 45.1 Å². The average Bonchev–Trinajstić information content (AvgIpc) is 2.54. The van der Waals surface area contributed by atoms with E-state index >= 15 is 0 Å². The van der Waals surface area contributed by atoms with Crippen molar-refractivity contribution in [3.8, 4) is 0 Å². The quantitative estimate of drug-likeness (QED) is 0.216. The fourth-order valence-corrected chi connectivity index (χ4v) is 29.0. The van der Waals surface area contributed by atoms with Gasteiger partial charge in [0, 0.05) is 12.3 Å². The van der Waals surface area contributed by atoms with Gasteiger partial charge < -0.3 is 9.80 Å². The molecule has 0 aromatic rings. The molecule has 0 fully saturated rings. The lowest BCUT2D eigenvalue weighted by molar-refractivity contribution is 0.343. The van der Waals surface area contributed by atoms with E-state index in [9.17, 15) is 0 Å². The van der Waals surface area contributed by atoms with Gasteiger partial charge in [-0.15, -0.1) is 0 Å². The molecule has 0 spiro atoms. The number of hydrogen-bond donors (Lipinski definition) is 0. The highest BCUT2D eigenvalue weighted by atomic mass is 32.2. The van der Waals surface area contributed by atoms with E-state index < -0.39 is 32.9 Å². The molecule has 0 aliphatic carbocycles. The summed E-state index contributed by atoms with van der Waals surface area (Å²) in [6, 6.07) is 0. The summed E-state index contributed by atoms with van der Waals surface area (Å²) >= 11 is 2.20. The van der Waals surface area contributed by atoms with Gasteiger partial charge in [0.25, 0.3) is 0 Å². The molecule has 4 nitrogen and oxygen atoms in total. The molecule has 0 aliphatic rings. The molecule has 0 amide bonds. The minimum atomic E-state index is -1.58. The summed E-state index contributed by atoms with van der Waals surface area (Å²) < 4.78 is 5.99. The summed E-state index contributed by atoms with van der Waals surface area (Å²) in [5.74, 6) is 0. The molecule has 29 heavy (non-hydrogen) atoms. The highest BCUT2D eigenvalue weighted by Crippen LogP contribution is 2.38. The first-order valence-electron chi connectivity index (χ1n) is 11.7. The Hall–Kier alpha value is 1.06. The summed E-state index contributed by atoms with van der Waals surface area (Å²) in [7, 11) is -6.10. The van der Waals surface area contributed by atoms with Crippen LogP contribution in [0.5, 0.6) is 0 Å². The Kier molecular flexibility index (Phi) is 12.2. The fraction of sp³-hybridized carbons (Fsp3) is 1.00. The summed E-state index contributed by atoms with van der Waals surface area (Å²) in [6.45, 7) is 39.7. The first-order valence-corrected chi connectivity index (χ1v) is 25.6. The van der Waals surface area contributed by atoms with E-state index in [1.807, 2.05) is 0 Å². The first-order chi connectivity index (χ1) is 13.0. The Morgan fingerprint density at radius 3 is 0.897 bits per heavy atom. The molecule has 0 atom stereocenters. The monoisotopic (exact) mass is 494 g/mol. The third kappa shape index (κ3) is 9.61. The largest absolute Gasteiger partial charge is 0.305 e. The molecule has 0 heterocycles. The highest BCUT2D eigenvalue weighted by Gasteiger charge is 2.46. The van der Waals surface area contributed by atoms with E-state index in [4.69, 9.17) is 0 Å². The molecule has 0 N–H and O–H groups in total. The second kappa shape index (κ2) is 11.8. The van der Waals surface area contributed by atoms with Crippen molar-refractivity contribution in [2.45, 2.75) is 93.2 Å². The molecular weight excluding hydrogens is 441 g/mol. The molecule has 9 heteroatoms. The van der Waals surface area contributed by atoms with Gasteiger partial charge in [-0.25, -0.2) is 0 Å². The number of nitrogens with zero attached hydrogens (tertiary/aromatic N) is 4. The Morgan fingerprint density at radius 1 is 0.483 bits per heavy atom. The van der Waals surface area contributed by atoms with Crippen molar-refractivity contribution in [3.63, 3.8) is 0 Å². The maximum Gasteiger partial charge on any atom is 0.141 e. The molecule has 0 aliphatic heterocycles. The Balaban J connectivity index is 6.00. The van der Waals surface area contributed by atoms with Crippen LogP contribution in [0.25, 0.3) is 0 Å². The van der Waals surface area contributed by atoms with Crippen LogP contribution in [0, 0.1) is 0 Å². The van der Waals surface area contributed by atoms with Gasteiger partial charge in [-0.2, -0.15) is 0 Å². The van der Waals surface area contributed by atoms with E-state index in [1.165, 1.54) is 12.3 Å². The van der Waals surface area contributed by atoms with Crippen LogP contribution in [0.4, 0.5) is 0 Å². The second-order valence-electron chi connectivity index (χ2n) is 11.6. The molecule has 0 aromatic heterocycles. The summed E-state index contributed by atoms with van der Waals surface area (Å²) in [5.41, 5.74) is 0. The summed E-state index contributed by atoms with van der Waals surface area (Å²) in [6.07, 6.45) is 2.55. The molecule has 0 saturated carbocycles. The standard InChI is InChI=1S/C20H54N4SSi4/c1-15-21(16-2)19-28(11,12)23(26(5,6)7)25-24(27(8,9)10)29(13,14)20-22(17-3)18-4/h15-20H2,1-14H3. The van der Waals surface area contributed by atoms with Crippen molar-refractivity contribution < 1.29 is 0 Å². The van der Waals surface area contributed by atoms with Gasteiger partial charge in [-0.3, -0.25) is 7.27 Å². The predicted molar refractivity (Wildman–Crippen MR) is 149 cm³/mol. The van der Waals surface area contributed by atoms with Gasteiger partial charge in [0.05, 0.1) is 0 Å². The van der Waals surface area contributed by atoms with Crippen LogP contribution in [-0.2, 0) is 0 Å². The van der Waals surface area contributed by atoms with Crippen LogP contribution in [0.3, 0.4) is 0 Å². The third-order valence-electron chi connectivity index (χ3n) is 5.49. The topological polar surface area (TPSA) is 13.0 Å². The smallest absolute Gasteiger partial charge is 0.141 e. The van der Waals surface area contributed by atoms with Crippen LogP contribution in [0.2, 0.25) is 65.5 Å². The Morgan fingerprint density at radius 2 is 0.724 bits per heavy atom. The molecular formula is C20H54N4SSi4. The van der Waals surface area contributed by atoms with Crippen LogP contribution in [0.15, 0.2) is 0 Å². The Bertz CT molecular complexity index is 428. The average molecular weight is 495 g/mol. The zero-order valence-corrected chi connectivity index (χ0v) is 27.3. The maximum atomic E-state index is 2.99. The van der Waals surface area contributed by atoms with Crippen molar-refractivity contribution in [1.29, 1.82) is 0 Å². The van der Waals surface area contributed by atoms with Crippen LogP contribution in [0.1, 0.15) is 27.7 Å². The fourth-order valence-electron chi connectivity index (χ4n) is 4.48. The van der Waals surface area contributed by atoms with Gasteiger partial charge in [0.15, 0.2) is 0 Å². The highest BCUT2D eigenvalue weighted by molar-refractivity contribution is 8.00. The second-order valence-corrected chi connectivity index (χ2v) is 33.0. The van der Waals surface area contributed by atoms with Gasteiger partial charge in [0.2, 0.25) is 0 Å². The van der Waals surface area contributed by atoms with Crippen LogP contribution >= 0.6 is 12.1 Å². The van der Waals surface area contributed by atoms with Crippen molar-refractivity contribution in [2.75, 3.05) is 38.5 Å². The lowest BCUT2D eigenvalue weighted by Gasteiger charge is -2.53. The first kappa shape index (κ1) is 30.1. The van der Waals surface area contributed by atoms with E-state index in [1.54, 1.807) is 0 Å². The van der Waals surface area contributed by atoms with Gasteiger partial charge in [-0.05, 0) is 38.3 Å². The normalized spacial score (nSPS) is 14.7. The zero-order valence-electron chi connectivity index (χ0n) is 22.4. The predicted octanol–water partition coefficient (Wildman–Crippen LogP) is 6.00. The summed E-state index contributed by atoms with van der Waals surface area (Å²) in [5, 5.41) is 0. The van der Waals surface area contributed by atoms with Gasteiger partial charge in [-0.1, -0.05) is 93.2 Å². The zero-order chi connectivity index (χ0) is 23.3. The van der Waals surface area contributed by atoms with E-state index in [-0.39, 0.29) is 0 Å². The third-order valence-corrected chi connectivity index (χ3v) is 27.8. The molecule has 0 rings (SSSR count). The van der Waals surface area contributed by atoms with E-state index in [0.29, 0.717) is 0 Å². The molecule has 176 valence electrons. The van der Waals surface area contributed by atoms with Gasteiger partial charge in [0.1, 0.15) is 32.9 Å². The lowest BCUT2D eigenvalue weighted by Crippen LogP contribution is -2.68. The van der Waals surface area contributed by atoms with Gasteiger partial charge >= 0.3 is 0 Å². The SMILES string of the molecule is CCN(CC)C[Si](C)(C)N(SN([Si](C)(C)C)[Si](C)(C)CN(CC)CC)[Si](C)(C)C. The molecule has 0 bridgehead atoms. The van der Waals surface area contributed by atoms with E-state index in [2.05, 4.69) is 122 Å². The van der Waals surface area contributed by atoms with Crippen molar-refractivity contribution in [1.82, 2.24) is 17.1 Å². The maximum absolute atomic E-state index is 2.99. The molecule has 0 radical (unpaired) electrons. The summed E-state index contributed by atoms with van der Waals surface area (Å²) in [4.78, 5) is 5.30. The minimum Gasteiger partial charge on any atom is -0.305 e. The van der Waals surface area contributed by atoms with E-state index in [0.717, 1.165) is 26.2 Å². The van der Waals surface area contributed by atoms with Crippen molar-refractivity contribution in [2.24, 2.45) is 0 Å². The van der Waals surface area contributed by atoms with Crippen LogP contribution in [-0.4, -0.2) is 88.5 Å². The molecule has 0 unspecified atom stereocenters. The van der Waals surface area contributed by atoms with Crippen molar-refractivity contribution in [3.05, 3.63) is 0 Å². The number of rotatable bonds is 14. The minimum absolute atomic E-state index is 1.16. The molecule has 0 saturated heterocycles. The Labute approximate surface area is 193 Å².